The number of aromatic nitrogens is 3. The molecular weight excluding hydrogens is 328 g/mol. The van der Waals surface area contributed by atoms with Crippen molar-refractivity contribution in [1.82, 2.24) is 14.9 Å². The van der Waals surface area contributed by atoms with Crippen molar-refractivity contribution in [2.24, 2.45) is 5.10 Å². The van der Waals surface area contributed by atoms with Gasteiger partial charge in [-0.3, -0.25) is 0 Å². The average Bonchev–Trinajstić information content (AvgIpc) is 3.12. The molecule has 2 aromatic heterocycles. The second-order valence-electron chi connectivity index (χ2n) is 4.83. The first-order valence-electron chi connectivity index (χ1n) is 7.18. The third kappa shape index (κ3) is 3.40. The lowest BCUT2D eigenvalue weighted by molar-refractivity contribution is 0.340. The van der Waals surface area contributed by atoms with Gasteiger partial charge in [0.2, 0.25) is 4.77 Å². The van der Waals surface area contributed by atoms with E-state index >= 15 is 0 Å². The molecule has 3 aromatic rings. The van der Waals surface area contributed by atoms with Gasteiger partial charge >= 0.3 is 0 Å². The summed E-state index contributed by atoms with van der Waals surface area (Å²) in [6.07, 6.45) is 1.81. The van der Waals surface area contributed by atoms with Crippen molar-refractivity contribution in [3.05, 3.63) is 50.9 Å². The van der Waals surface area contributed by atoms with Gasteiger partial charge in [-0.2, -0.15) is 14.9 Å². The second kappa shape index (κ2) is 6.89. The molecule has 0 aliphatic rings. The Morgan fingerprint density at radius 2 is 2.13 bits per heavy atom. The van der Waals surface area contributed by atoms with E-state index in [1.807, 2.05) is 42.8 Å². The first-order valence-corrected chi connectivity index (χ1v) is 8.47. The molecule has 7 heteroatoms. The SMILES string of the molecule is CCOc1ccc(-c2n[nH]c(=S)n2/N=C/c2sccc2C)cc1. The molecule has 1 N–H and O–H groups in total. The van der Waals surface area contributed by atoms with Gasteiger partial charge in [-0.25, -0.2) is 5.10 Å². The molecule has 0 atom stereocenters. The zero-order valence-corrected chi connectivity index (χ0v) is 14.4. The summed E-state index contributed by atoms with van der Waals surface area (Å²) in [6.45, 7) is 4.66. The highest BCUT2D eigenvalue weighted by Crippen LogP contribution is 2.21. The van der Waals surface area contributed by atoms with Gasteiger partial charge in [0, 0.05) is 5.56 Å². The van der Waals surface area contributed by atoms with Gasteiger partial charge in [0.15, 0.2) is 5.82 Å². The fourth-order valence-electron chi connectivity index (χ4n) is 2.08. The first kappa shape index (κ1) is 15.6. The summed E-state index contributed by atoms with van der Waals surface area (Å²) in [5, 5.41) is 13.6. The summed E-state index contributed by atoms with van der Waals surface area (Å²) in [6, 6.07) is 9.77. The van der Waals surface area contributed by atoms with Gasteiger partial charge in [0.1, 0.15) is 5.75 Å². The molecular formula is C16H16N4OS2. The highest BCUT2D eigenvalue weighted by Gasteiger charge is 2.08. The maximum atomic E-state index is 5.46. The van der Waals surface area contributed by atoms with Crippen molar-refractivity contribution in [3.63, 3.8) is 0 Å². The van der Waals surface area contributed by atoms with Gasteiger partial charge in [-0.1, -0.05) is 0 Å². The average molecular weight is 344 g/mol. The molecule has 1 aromatic carbocycles. The molecule has 0 fully saturated rings. The molecule has 0 unspecified atom stereocenters. The van der Waals surface area contributed by atoms with E-state index in [-0.39, 0.29) is 0 Å². The molecule has 0 saturated carbocycles. The monoisotopic (exact) mass is 344 g/mol. The molecule has 0 bridgehead atoms. The maximum Gasteiger partial charge on any atom is 0.216 e. The molecule has 118 valence electrons. The number of ether oxygens (including phenoxy) is 1. The standard InChI is InChI=1S/C16H16N4OS2/c1-3-21-13-6-4-12(5-7-13)15-18-19-16(22)20(15)17-10-14-11(2)8-9-23-14/h4-10H,3H2,1-2H3,(H,19,22)/b17-10+. The lowest BCUT2D eigenvalue weighted by Gasteiger charge is -2.04. The Kier molecular flexibility index (Phi) is 4.68. The summed E-state index contributed by atoms with van der Waals surface area (Å²) in [5.41, 5.74) is 2.11. The Balaban J connectivity index is 1.94. The summed E-state index contributed by atoms with van der Waals surface area (Å²) in [7, 11) is 0. The molecule has 0 spiro atoms. The van der Waals surface area contributed by atoms with Gasteiger partial charge in [-0.05, 0) is 67.3 Å². The van der Waals surface area contributed by atoms with E-state index in [1.54, 1.807) is 16.0 Å². The van der Waals surface area contributed by atoms with Crippen LogP contribution in [0.15, 0.2) is 40.8 Å². The molecule has 3 rings (SSSR count). The van der Waals surface area contributed by atoms with E-state index in [4.69, 9.17) is 17.0 Å². The molecule has 2 heterocycles. The minimum atomic E-state index is 0.458. The predicted octanol–water partition coefficient (Wildman–Crippen LogP) is 4.26. The number of H-pyrrole nitrogens is 1. The number of nitrogens with one attached hydrogen (secondary N) is 1. The van der Waals surface area contributed by atoms with Crippen LogP contribution in [0, 0.1) is 11.7 Å². The lowest BCUT2D eigenvalue weighted by atomic mass is 10.2. The van der Waals surface area contributed by atoms with Crippen LogP contribution in [0.3, 0.4) is 0 Å². The van der Waals surface area contributed by atoms with Gasteiger partial charge in [0.25, 0.3) is 0 Å². The molecule has 23 heavy (non-hydrogen) atoms. The third-order valence-electron chi connectivity index (χ3n) is 3.27. The largest absolute Gasteiger partial charge is 0.494 e. The summed E-state index contributed by atoms with van der Waals surface area (Å²) in [4.78, 5) is 1.10. The smallest absolute Gasteiger partial charge is 0.216 e. The maximum absolute atomic E-state index is 5.46. The molecule has 0 amide bonds. The van der Waals surface area contributed by atoms with E-state index in [0.717, 1.165) is 16.2 Å². The van der Waals surface area contributed by atoms with Crippen molar-refractivity contribution in [2.45, 2.75) is 13.8 Å². The number of rotatable bonds is 5. The van der Waals surface area contributed by atoms with Crippen molar-refractivity contribution < 1.29 is 4.74 Å². The highest BCUT2D eigenvalue weighted by atomic mass is 32.1. The van der Waals surface area contributed by atoms with E-state index in [9.17, 15) is 0 Å². The number of aryl methyl sites for hydroxylation is 1. The van der Waals surface area contributed by atoms with Crippen LogP contribution in [0.25, 0.3) is 11.4 Å². The van der Waals surface area contributed by atoms with Crippen molar-refractivity contribution in [3.8, 4) is 17.1 Å². The van der Waals surface area contributed by atoms with Gasteiger partial charge in [-0.15, -0.1) is 11.3 Å². The second-order valence-corrected chi connectivity index (χ2v) is 6.17. The van der Waals surface area contributed by atoms with Crippen LogP contribution in [0.4, 0.5) is 0 Å². The summed E-state index contributed by atoms with van der Waals surface area (Å²) >= 11 is 6.92. The van der Waals surface area contributed by atoms with E-state index in [1.165, 1.54) is 5.56 Å². The number of nitrogens with zero attached hydrogens (tertiary/aromatic N) is 3. The number of hydrogen-bond acceptors (Lipinski definition) is 5. The topological polar surface area (TPSA) is 55.2 Å². The molecule has 0 aliphatic heterocycles. The number of aromatic amines is 1. The molecule has 0 aliphatic carbocycles. The summed E-state index contributed by atoms with van der Waals surface area (Å²) in [5.74, 6) is 1.50. The minimum absolute atomic E-state index is 0.458. The van der Waals surface area contributed by atoms with E-state index in [0.29, 0.717) is 17.2 Å². The molecule has 5 nitrogen and oxygen atoms in total. The molecule has 0 saturated heterocycles. The van der Waals surface area contributed by atoms with E-state index < -0.39 is 0 Å². The van der Waals surface area contributed by atoms with Crippen LogP contribution in [-0.2, 0) is 0 Å². The van der Waals surface area contributed by atoms with Crippen LogP contribution < -0.4 is 4.74 Å². The van der Waals surface area contributed by atoms with Crippen LogP contribution in [0.2, 0.25) is 0 Å². The predicted molar refractivity (Wildman–Crippen MR) is 96.1 cm³/mol. The fourth-order valence-corrected chi connectivity index (χ4v) is 3.04. The Hall–Kier alpha value is -2.25. The van der Waals surface area contributed by atoms with Crippen LogP contribution in [0.5, 0.6) is 5.75 Å². The number of thiophene rings is 1. The Morgan fingerprint density at radius 1 is 1.35 bits per heavy atom. The van der Waals surface area contributed by atoms with Gasteiger partial charge in [0.05, 0.1) is 17.7 Å². The Labute approximate surface area is 143 Å². The quantitative estimate of drug-likeness (QED) is 0.556. The van der Waals surface area contributed by atoms with Crippen molar-refractivity contribution in [2.75, 3.05) is 6.61 Å². The highest BCUT2D eigenvalue weighted by molar-refractivity contribution is 7.71. The Morgan fingerprint density at radius 3 is 2.78 bits per heavy atom. The first-order chi connectivity index (χ1) is 11.2. The zero-order chi connectivity index (χ0) is 16.2. The van der Waals surface area contributed by atoms with Gasteiger partial charge < -0.3 is 4.74 Å². The summed E-state index contributed by atoms with van der Waals surface area (Å²) < 4.78 is 7.54. The number of hydrogen-bond donors (Lipinski definition) is 1. The number of benzene rings is 1. The van der Waals surface area contributed by atoms with Crippen LogP contribution in [-0.4, -0.2) is 27.7 Å². The van der Waals surface area contributed by atoms with Crippen molar-refractivity contribution >= 4 is 29.8 Å². The van der Waals surface area contributed by atoms with E-state index in [2.05, 4.69) is 28.3 Å². The van der Waals surface area contributed by atoms with Crippen molar-refractivity contribution in [1.29, 1.82) is 0 Å². The normalized spacial score (nSPS) is 11.2. The van der Waals surface area contributed by atoms with Crippen LogP contribution in [0.1, 0.15) is 17.4 Å². The lowest BCUT2D eigenvalue weighted by Crippen LogP contribution is -1.95. The van der Waals surface area contributed by atoms with Crippen LogP contribution >= 0.6 is 23.6 Å². The molecule has 0 radical (unpaired) electrons. The Bertz CT molecular complexity index is 874. The minimum Gasteiger partial charge on any atom is -0.494 e. The fraction of sp³-hybridized carbons (Fsp3) is 0.188. The zero-order valence-electron chi connectivity index (χ0n) is 12.8. The third-order valence-corrected chi connectivity index (χ3v) is 4.48.